The highest BCUT2D eigenvalue weighted by Crippen LogP contribution is 2.04. The molecule has 0 bridgehead atoms. The Morgan fingerprint density at radius 2 is 1.63 bits per heavy atom. The Labute approximate surface area is 120 Å². The number of nitrogens with zero attached hydrogens (tertiary/aromatic N) is 1. The van der Waals surface area contributed by atoms with Crippen molar-refractivity contribution in [2.24, 2.45) is 0 Å². The highest BCUT2D eigenvalue weighted by atomic mass is 16.2. The number of carbonyl (C=O) groups is 1. The zero-order valence-electron chi connectivity index (χ0n) is 13.7. The number of nitrogens with one attached hydrogen (secondary N) is 1. The zero-order chi connectivity index (χ0) is 14.7. The lowest BCUT2D eigenvalue weighted by Gasteiger charge is -2.24. The first-order valence-corrected chi connectivity index (χ1v) is 7.93. The lowest BCUT2D eigenvalue weighted by atomic mass is 10.1. The van der Waals surface area contributed by atoms with Gasteiger partial charge in [0.1, 0.15) is 0 Å². The summed E-state index contributed by atoms with van der Waals surface area (Å²) < 4.78 is 0. The molecule has 1 N–H and O–H groups in total. The van der Waals surface area contributed by atoms with Gasteiger partial charge in [-0.3, -0.25) is 4.79 Å². The van der Waals surface area contributed by atoms with Crippen LogP contribution in [0.25, 0.3) is 0 Å². The largest absolute Gasteiger partial charge is 0.343 e. The summed E-state index contributed by atoms with van der Waals surface area (Å²) in [5.74, 6) is 0.333. The summed E-state index contributed by atoms with van der Waals surface area (Å²) in [7, 11) is 0. The van der Waals surface area contributed by atoms with Crippen molar-refractivity contribution in [2.45, 2.75) is 78.7 Å². The fraction of sp³-hybridized carbons (Fsp3) is 0.938. The van der Waals surface area contributed by atoms with Crippen LogP contribution in [0.15, 0.2) is 0 Å². The maximum absolute atomic E-state index is 12.0. The van der Waals surface area contributed by atoms with E-state index in [1.807, 2.05) is 0 Å². The summed E-state index contributed by atoms with van der Waals surface area (Å²) in [5.41, 5.74) is 0.194. The quantitative estimate of drug-likeness (QED) is 0.615. The van der Waals surface area contributed by atoms with E-state index in [1.165, 1.54) is 0 Å². The van der Waals surface area contributed by atoms with Gasteiger partial charge in [-0.15, -0.1) is 0 Å². The summed E-state index contributed by atoms with van der Waals surface area (Å²) in [4.78, 5) is 14.0. The fourth-order valence-corrected chi connectivity index (χ4v) is 1.97. The molecule has 3 heteroatoms. The van der Waals surface area contributed by atoms with Crippen molar-refractivity contribution >= 4 is 5.91 Å². The minimum absolute atomic E-state index is 0.194. The monoisotopic (exact) mass is 270 g/mol. The third-order valence-corrected chi connectivity index (χ3v) is 3.11. The summed E-state index contributed by atoms with van der Waals surface area (Å²) in [6.07, 6.45) is 6.16. The number of carbonyl (C=O) groups excluding carboxylic acids is 1. The molecule has 0 spiro atoms. The van der Waals surface area contributed by atoms with Crippen molar-refractivity contribution in [2.75, 3.05) is 19.6 Å². The molecule has 19 heavy (non-hydrogen) atoms. The van der Waals surface area contributed by atoms with Gasteiger partial charge in [0.15, 0.2) is 0 Å². The smallest absolute Gasteiger partial charge is 0.222 e. The Hall–Kier alpha value is -0.570. The molecule has 0 atom stereocenters. The number of hydrogen-bond acceptors (Lipinski definition) is 2. The second kappa shape index (κ2) is 10.2. The van der Waals surface area contributed by atoms with Gasteiger partial charge in [0.05, 0.1) is 0 Å². The predicted octanol–water partition coefficient (Wildman–Crippen LogP) is 3.58. The molecule has 0 rings (SSSR count). The van der Waals surface area contributed by atoms with Gasteiger partial charge in [0, 0.05) is 25.0 Å². The van der Waals surface area contributed by atoms with E-state index in [4.69, 9.17) is 0 Å². The van der Waals surface area contributed by atoms with Crippen LogP contribution < -0.4 is 5.32 Å². The Kier molecular flexibility index (Phi) is 9.94. The summed E-state index contributed by atoms with van der Waals surface area (Å²) in [6, 6.07) is 0. The molecule has 0 heterocycles. The standard InChI is InChI=1S/C16H34N2O/c1-6-8-13-18(15(19)11-7-2)14-10-9-12-17-16(3,4)5/h17H,6-14H2,1-5H3. The first kappa shape index (κ1) is 18.4. The van der Waals surface area contributed by atoms with E-state index in [1.54, 1.807) is 0 Å². The van der Waals surface area contributed by atoms with Gasteiger partial charge in [-0.05, 0) is 53.0 Å². The second-order valence-corrected chi connectivity index (χ2v) is 6.37. The maximum atomic E-state index is 12.0. The molecule has 3 nitrogen and oxygen atoms in total. The second-order valence-electron chi connectivity index (χ2n) is 6.37. The van der Waals surface area contributed by atoms with Gasteiger partial charge < -0.3 is 10.2 Å². The lowest BCUT2D eigenvalue weighted by Crippen LogP contribution is -2.37. The molecule has 0 aromatic carbocycles. The lowest BCUT2D eigenvalue weighted by molar-refractivity contribution is -0.131. The van der Waals surface area contributed by atoms with Gasteiger partial charge in [0.2, 0.25) is 5.91 Å². The van der Waals surface area contributed by atoms with E-state index in [0.29, 0.717) is 12.3 Å². The molecular weight excluding hydrogens is 236 g/mol. The normalized spacial score (nSPS) is 11.6. The number of amides is 1. The molecule has 1 amide bonds. The summed E-state index contributed by atoms with van der Waals surface area (Å²) in [5, 5.41) is 3.49. The molecule has 0 saturated carbocycles. The van der Waals surface area contributed by atoms with Gasteiger partial charge >= 0.3 is 0 Å². The molecular formula is C16H34N2O. The van der Waals surface area contributed by atoms with Crippen molar-refractivity contribution in [3.63, 3.8) is 0 Å². The average Bonchev–Trinajstić information content (AvgIpc) is 2.31. The van der Waals surface area contributed by atoms with Crippen LogP contribution in [0.1, 0.15) is 73.1 Å². The highest BCUT2D eigenvalue weighted by Gasteiger charge is 2.12. The van der Waals surface area contributed by atoms with Crippen molar-refractivity contribution in [1.29, 1.82) is 0 Å². The summed E-state index contributed by atoms with van der Waals surface area (Å²) >= 11 is 0. The van der Waals surface area contributed by atoms with E-state index in [9.17, 15) is 4.79 Å². The highest BCUT2D eigenvalue weighted by molar-refractivity contribution is 5.76. The number of hydrogen-bond donors (Lipinski definition) is 1. The predicted molar refractivity (Wildman–Crippen MR) is 83.4 cm³/mol. The van der Waals surface area contributed by atoms with E-state index in [2.05, 4.69) is 44.8 Å². The minimum atomic E-state index is 0.194. The first-order chi connectivity index (χ1) is 8.90. The maximum Gasteiger partial charge on any atom is 0.222 e. The van der Waals surface area contributed by atoms with Gasteiger partial charge in [-0.2, -0.15) is 0 Å². The Balaban J connectivity index is 3.88. The third kappa shape index (κ3) is 11.0. The van der Waals surface area contributed by atoms with Crippen molar-refractivity contribution < 1.29 is 4.79 Å². The van der Waals surface area contributed by atoms with Gasteiger partial charge in [-0.25, -0.2) is 0 Å². The van der Waals surface area contributed by atoms with Crippen molar-refractivity contribution in [1.82, 2.24) is 10.2 Å². The zero-order valence-corrected chi connectivity index (χ0v) is 13.7. The molecule has 0 saturated heterocycles. The molecule has 0 aromatic heterocycles. The first-order valence-electron chi connectivity index (χ1n) is 7.93. The molecule has 0 aliphatic heterocycles. The number of unbranched alkanes of at least 4 members (excludes halogenated alkanes) is 2. The van der Waals surface area contributed by atoms with Gasteiger partial charge in [-0.1, -0.05) is 20.3 Å². The molecule has 114 valence electrons. The topological polar surface area (TPSA) is 32.3 Å². The molecule has 0 unspecified atom stereocenters. The van der Waals surface area contributed by atoms with Crippen molar-refractivity contribution in [3.05, 3.63) is 0 Å². The van der Waals surface area contributed by atoms with E-state index in [-0.39, 0.29) is 5.54 Å². The van der Waals surface area contributed by atoms with Crippen LogP contribution in [0.4, 0.5) is 0 Å². The fourth-order valence-electron chi connectivity index (χ4n) is 1.97. The SMILES string of the molecule is CCCCN(CCCCNC(C)(C)C)C(=O)CCC. The molecule has 0 aromatic rings. The van der Waals surface area contributed by atoms with E-state index < -0.39 is 0 Å². The van der Waals surface area contributed by atoms with E-state index in [0.717, 1.165) is 51.7 Å². The van der Waals surface area contributed by atoms with Crippen LogP contribution >= 0.6 is 0 Å². The van der Waals surface area contributed by atoms with Crippen LogP contribution in [0.5, 0.6) is 0 Å². The minimum Gasteiger partial charge on any atom is -0.343 e. The Morgan fingerprint density at radius 1 is 1.00 bits per heavy atom. The Bertz CT molecular complexity index is 233. The average molecular weight is 270 g/mol. The summed E-state index contributed by atoms with van der Waals surface area (Å²) in [6.45, 7) is 13.7. The van der Waals surface area contributed by atoms with Crippen LogP contribution in [0.3, 0.4) is 0 Å². The molecule has 0 radical (unpaired) electrons. The van der Waals surface area contributed by atoms with Crippen LogP contribution in [-0.2, 0) is 4.79 Å². The Morgan fingerprint density at radius 3 is 2.16 bits per heavy atom. The molecule has 0 aliphatic carbocycles. The van der Waals surface area contributed by atoms with Crippen LogP contribution in [-0.4, -0.2) is 36.0 Å². The van der Waals surface area contributed by atoms with E-state index >= 15 is 0 Å². The molecule has 0 aliphatic rings. The number of rotatable bonds is 10. The van der Waals surface area contributed by atoms with Crippen LogP contribution in [0, 0.1) is 0 Å². The molecule has 0 fully saturated rings. The van der Waals surface area contributed by atoms with Crippen LogP contribution in [0.2, 0.25) is 0 Å². The third-order valence-electron chi connectivity index (χ3n) is 3.11. The van der Waals surface area contributed by atoms with Gasteiger partial charge in [0.25, 0.3) is 0 Å². The van der Waals surface area contributed by atoms with Crippen molar-refractivity contribution in [3.8, 4) is 0 Å².